The van der Waals surface area contributed by atoms with Crippen LogP contribution in [0.25, 0.3) is 0 Å². The van der Waals surface area contributed by atoms with Crippen LogP contribution in [0.2, 0.25) is 0 Å². The minimum atomic E-state index is -1.06. The van der Waals surface area contributed by atoms with Gasteiger partial charge in [0.25, 0.3) is 0 Å². The van der Waals surface area contributed by atoms with Crippen LogP contribution in [-0.2, 0) is 21.3 Å². The molecule has 0 radical (unpaired) electrons. The molecule has 0 aliphatic carbocycles. The topological polar surface area (TPSA) is 63.6 Å². The maximum absolute atomic E-state index is 11.3. The number of aromatic carboxylic acids is 1. The van der Waals surface area contributed by atoms with Crippen LogP contribution >= 0.6 is 0 Å². The molecule has 1 aromatic carbocycles. The number of carbonyl (C=O) groups is 1. The normalized spacial score (nSPS) is 12.3. The molecule has 1 unspecified atom stereocenters. The number of carboxylic acid groups (broad SMARTS) is 1. The van der Waals surface area contributed by atoms with Gasteiger partial charge in [0.2, 0.25) is 0 Å². The molecule has 0 aliphatic rings. The van der Waals surface area contributed by atoms with Crippen LogP contribution < -0.4 is 0 Å². The van der Waals surface area contributed by atoms with Gasteiger partial charge in [0, 0.05) is 7.11 Å². The zero-order valence-electron chi connectivity index (χ0n) is 8.30. The molecule has 0 fully saturated rings. The number of hydrogen-bond donors (Lipinski definition) is 1. The van der Waals surface area contributed by atoms with Crippen molar-refractivity contribution in [2.24, 2.45) is 0 Å². The molecular formula is C10H12O4S. The summed E-state index contributed by atoms with van der Waals surface area (Å²) in [4.78, 5) is 10.6. The smallest absolute Gasteiger partial charge is 0.335 e. The van der Waals surface area contributed by atoms with Crippen LogP contribution in [0, 0.1) is 0 Å². The van der Waals surface area contributed by atoms with Crippen molar-refractivity contribution in [2.45, 2.75) is 5.75 Å². The standard InChI is InChI=1S/C10H12O4S/c1-14-7-15(13)6-8-2-4-9(5-3-8)10(11)12/h2-5H,6-7H2,1H3,(H,11,12). The van der Waals surface area contributed by atoms with Crippen LogP contribution in [0.1, 0.15) is 15.9 Å². The second-order valence-corrected chi connectivity index (χ2v) is 4.40. The molecule has 15 heavy (non-hydrogen) atoms. The molecule has 0 heterocycles. The molecular weight excluding hydrogens is 216 g/mol. The van der Waals surface area contributed by atoms with E-state index in [4.69, 9.17) is 9.84 Å². The van der Waals surface area contributed by atoms with Gasteiger partial charge < -0.3 is 9.84 Å². The van der Waals surface area contributed by atoms with Crippen molar-refractivity contribution in [1.29, 1.82) is 0 Å². The van der Waals surface area contributed by atoms with Gasteiger partial charge in [-0.25, -0.2) is 4.79 Å². The van der Waals surface area contributed by atoms with Gasteiger partial charge in [0.05, 0.1) is 22.1 Å². The van der Waals surface area contributed by atoms with E-state index in [2.05, 4.69) is 0 Å². The zero-order valence-corrected chi connectivity index (χ0v) is 9.12. The van der Waals surface area contributed by atoms with Crippen molar-refractivity contribution in [3.05, 3.63) is 35.4 Å². The highest BCUT2D eigenvalue weighted by Crippen LogP contribution is 2.07. The average Bonchev–Trinajstić information content (AvgIpc) is 2.18. The van der Waals surface area contributed by atoms with Gasteiger partial charge in [0.1, 0.15) is 5.94 Å². The number of hydrogen-bond acceptors (Lipinski definition) is 3. The van der Waals surface area contributed by atoms with Crippen LogP contribution in [-0.4, -0.2) is 28.3 Å². The Hall–Kier alpha value is -1.20. The van der Waals surface area contributed by atoms with Gasteiger partial charge in [-0.05, 0) is 17.7 Å². The highest BCUT2D eigenvalue weighted by atomic mass is 32.2. The van der Waals surface area contributed by atoms with E-state index >= 15 is 0 Å². The first kappa shape index (κ1) is 11.9. The van der Waals surface area contributed by atoms with Gasteiger partial charge in [-0.15, -0.1) is 0 Å². The fraction of sp³-hybridized carbons (Fsp3) is 0.300. The average molecular weight is 228 g/mol. The first-order chi connectivity index (χ1) is 7.13. The SMILES string of the molecule is COCS(=O)Cc1ccc(C(=O)O)cc1. The minimum absolute atomic E-state index is 0.195. The summed E-state index contributed by atoms with van der Waals surface area (Å²) in [5, 5.41) is 8.66. The third kappa shape index (κ3) is 3.81. The Morgan fingerprint density at radius 1 is 1.40 bits per heavy atom. The lowest BCUT2D eigenvalue weighted by Gasteiger charge is -2.01. The quantitative estimate of drug-likeness (QED) is 0.823. The molecule has 1 atom stereocenters. The second kappa shape index (κ2) is 5.63. The highest BCUT2D eigenvalue weighted by molar-refractivity contribution is 7.84. The second-order valence-electron chi connectivity index (χ2n) is 2.99. The highest BCUT2D eigenvalue weighted by Gasteiger charge is 2.04. The van der Waals surface area contributed by atoms with Gasteiger partial charge in [-0.1, -0.05) is 12.1 Å². The summed E-state index contributed by atoms with van der Waals surface area (Å²) in [6.07, 6.45) is 0. The molecule has 0 aliphatic heterocycles. The maximum atomic E-state index is 11.3. The predicted octanol–water partition coefficient (Wildman–Crippen LogP) is 1.24. The Labute approximate surface area is 90.3 Å². The largest absolute Gasteiger partial charge is 0.478 e. The van der Waals surface area contributed by atoms with Crippen molar-refractivity contribution >= 4 is 16.8 Å². The molecule has 1 aromatic rings. The number of carboxylic acids is 1. The van der Waals surface area contributed by atoms with Gasteiger partial charge in [-0.2, -0.15) is 0 Å². The van der Waals surface area contributed by atoms with E-state index in [-0.39, 0.29) is 11.5 Å². The monoisotopic (exact) mass is 228 g/mol. The van der Waals surface area contributed by atoms with Crippen molar-refractivity contribution in [2.75, 3.05) is 13.0 Å². The molecule has 0 saturated carbocycles. The Bertz CT molecular complexity index is 358. The summed E-state index contributed by atoms with van der Waals surface area (Å²) in [6.45, 7) is 0. The summed E-state index contributed by atoms with van der Waals surface area (Å²) in [7, 11) is 0.434. The van der Waals surface area contributed by atoms with Gasteiger partial charge in [0.15, 0.2) is 0 Å². The first-order valence-corrected chi connectivity index (χ1v) is 5.78. The summed E-state index contributed by atoms with van der Waals surface area (Å²) in [5.41, 5.74) is 1.08. The van der Waals surface area contributed by atoms with E-state index in [0.29, 0.717) is 5.75 Å². The summed E-state index contributed by atoms with van der Waals surface area (Å²) >= 11 is 0. The van der Waals surface area contributed by atoms with E-state index in [9.17, 15) is 9.00 Å². The van der Waals surface area contributed by atoms with Crippen molar-refractivity contribution in [3.8, 4) is 0 Å². The predicted molar refractivity (Wildman–Crippen MR) is 57.1 cm³/mol. The molecule has 0 saturated heterocycles. The minimum Gasteiger partial charge on any atom is -0.478 e. The fourth-order valence-corrected chi connectivity index (χ4v) is 2.01. The van der Waals surface area contributed by atoms with Gasteiger partial charge >= 0.3 is 5.97 Å². The van der Waals surface area contributed by atoms with Crippen LogP contribution in [0.4, 0.5) is 0 Å². The molecule has 1 N–H and O–H groups in total. The van der Waals surface area contributed by atoms with E-state index in [1.165, 1.54) is 19.2 Å². The molecule has 5 heteroatoms. The zero-order chi connectivity index (χ0) is 11.3. The van der Waals surface area contributed by atoms with Crippen molar-refractivity contribution < 1.29 is 18.8 Å². The molecule has 4 nitrogen and oxygen atoms in total. The molecule has 0 bridgehead atoms. The molecule has 1 rings (SSSR count). The Kier molecular flexibility index (Phi) is 4.45. The fourth-order valence-electron chi connectivity index (χ4n) is 1.10. The van der Waals surface area contributed by atoms with Crippen LogP contribution in [0.3, 0.4) is 0 Å². The third-order valence-electron chi connectivity index (χ3n) is 1.78. The summed E-state index contributed by atoms with van der Waals surface area (Å²) in [6, 6.07) is 6.33. The summed E-state index contributed by atoms with van der Waals surface area (Å²) < 4.78 is 16.0. The number of ether oxygens (including phenoxy) is 1. The van der Waals surface area contributed by atoms with Crippen molar-refractivity contribution in [3.63, 3.8) is 0 Å². The Balaban J connectivity index is 2.64. The lowest BCUT2D eigenvalue weighted by Crippen LogP contribution is -2.03. The Morgan fingerprint density at radius 3 is 2.47 bits per heavy atom. The lowest BCUT2D eigenvalue weighted by molar-refractivity contribution is 0.0697. The molecule has 0 aromatic heterocycles. The lowest BCUT2D eigenvalue weighted by atomic mass is 10.1. The maximum Gasteiger partial charge on any atom is 0.335 e. The molecule has 82 valence electrons. The van der Waals surface area contributed by atoms with E-state index in [0.717, 1.165) is 5.56 Å². The first-order valence-electron chi connectivity index (χ1n) is 4.29. The Morgan fingerprint density at radius 2 is 2.00 bits per heavy atom. The van der Waals surface area contributed by atoms with Crippen LogP contribution in [0.5, 0.6) is 0 Å². The van der Waals surface area contributed by atoms with E-state index in [1.54, 1.807) is 12.1 Å². The molecule has 0 spiro atoms. The van der Waals surface area contributed by atoms with E-state index < -0.39 is 16.8 Å². The number of benzene rings is 1. The summed E-state index contributed by atoms with van der Waals surface area (Å²) in [5.74, 6) is -0.381. The number of methoxy groups -OCH3 is 1. The van der Waals surface area contributed by atoms with Crippen molar-refractivity contribution in [1.82, 2.24) is 0 Å². The van der Waals surface area contributed by atoms with Gasteiger partial charge in [-0.3, -0.25) is 4.21 Å². The van der Waals surface area contributed by atoms with Crippen LogP contribution in [0.15, 0.2) is 24.3 Å². The molecule has 0 amide bonds. The van der Waals surface area contributed by atoms with E-state index in [1.807, 2.05) is 0 Å². The number of rotatable bonds is 5. The third-order valence-corrected chi connectivity index (χ3v) is 2.93.